The van der Waals surface area contributed by atoms with Gasteiger partial charge >= 0.3 is 0 Å². The van der Waals surface area contributed by atoms with Gasteiger partial charge in [-0.15, -0.1) is 0 Å². The van der Waals surface area contributed by atoms with Crippen LogP contribution in [0.15, 0.2) is 47.0 Å². The van der Waals surface area contributed by atoms with Gasteiger partial charge in [-0.3, -0.25) is 0 Å². The van der Waals surface area contributed by atoms with Crippen molar-refractivity contribution in [1.82, 2.24) is 10.2 Å². The number of fused-ring (bicyclic) bond motifs is 5. The summed E-state index contributed by atoms with van der Waals surface area (Å²) in [7, 11) is 0. The van der Waals surface area contributed by atoms with E-state index in [1.165, 1.54) is 40.3 Å². The van der Waals surface area contributed by atoms with Gasteiger partial charge < -0.3 is 4.42 Å². The molecule has 0 saturated carbocycles. The molecule has 0 bridgehead atoms. The summed E-state index contributed by atoms with van der Waals surface area (Å²) in [5, 5.41) is 11.1. The van der Waals surface area contributed by atoms with Crippen LogP contribution in [0.3, 0.4) is 0 Å². The van der Waals surface area contributed by atoms with Gasteiger partial charge in [0.1, 0.15) is 11.2 Å². The highest BCUT2D eigenvalue weighted by Gasteiger charge is 2.41. The zero-order chi connectivity index (χ0) is 19.7. The van der Waals surface area contributed by atoms with Crippen molar-refractivity contribution in [3.63, 3.8) is 0 Å². The van der Waals surface area contributed by atoms with Crippen LogP contribution in [0.5, 0.6) is 0 Å². The number of furan rings is 1. The second-order valence-electron chi connectivity index (χ2n) is 9.43. The van der Waals surface area contributed by atoms with Gasteiger partial charge in [0, 0.05) is 22.5 Å². The van der Waals surface area contributed by atoms with Crippen LogP contribution in [-0.2, 0) is 10.8 Å². The fraction of sp³-hybridized carbons (Fsp3) is 0.360. The van der Waals surface area contributed by atoms with Crippen molar-refractivity contribution in [3.05, 3.63) is 59.3 Å². The Morgan fingerprint density at radius 2 is 1.61 bits per heavy atom. The lowest BCUT2D eigenvalue weighted by Gasteiger charge is -2.43. The van der Waals surface area contributed by atoms with E-state index in [0.29, 0.717) is 0 Å². The monoisotopic (exact) mass is 370 g/mol. The molecule has 142 valence electrons. The number of hydrogen-bond donors (Lipinski definition) is 0. The highest BCUT2D eigenvalue weighted by molar-refractivity contribution is 6.13. The Labute approximate surface area is 165 Å². The molecular formula is C25H26N2O. The highest BCUT2D eigenvalue weighted by Crippen LogP contribution is 2.54. The molecule has 1 aliphatic carbocycles. The van der Waals surface area contributed by atoms with Gasteiger partial charge in [0.15, 0.2) is 0 Å². The Balaban J connectivity index is 2.08. The maximum atomic E-state index is 6.48. The molecule has 0 radical (unpaired) electrons. The lowest BCUT2D eigenvalue weighted by molar-refractivity contribution is 0.333. The fourth-order valence-electron chi connectivity index (χ4n) is 5.22. The van der Waals surface area contributed by atoms with Crippen LogP contribution in [0.1, 0.15) is 57.2 Å². The third-order valence-corrected chi connectivity index (χ3v) is 6.63. The van der Waals surface area contributed by atoms with E-state index in [4.69, 9.17) is 4.42 Å². The average molecular weight is 370 g/mol. The van der Waals surface area contributed by atoms with Crippen molar-refractivity contribution >= 4 is 21.9 Å². The zero-order valence-corrected chi connectivity index (χ0v) is 17.3. The second kappa shape index (κ2) is 5.66. The van der Waals surface area contributed by atoms with Crippen molar-refractivity contribution in [2.24, 2.45) is 0 Å². The molecule has 2 heterocycles. The van der Waals surface area contributed by atoms with Crippen LogP contribution in [0.4, 0.5) is 0 Å². The highest BCUT2D eigenvalue weighted by atomic mass is 16.3. The Kier molecular flexibility index (Phi) is 3.52. The summed E-state index contributed by atoms with van der Waals surface area (Å²) >= 11 is 0. The maximum absolute atomic E-state index is 6.48. The summed E-state index contributed by atoms with van der Waals surface area (Å²) < 4.78 is 6.48. The molecule has 0 N–H and O–H groups in total. The predicted molar refractivity (Wildman–Crippen MR) is 115 cm³/mol. The predicted octanol–water partition coefficient (Wildman–Crippen LogP) is 6.70. The smallest absolute Gasteiger partial charge is 0.145 e. The lowest BCUT2D eigenvalue weighted by atomic mass is 9.60. The molecule has 5 rings (SSSR count). The van der Waals surface area contributed by atoms with Crippen LogP contribution >= 0.6 is 0 Å². The lowest BCUT2D eigenvalue weighted by Crippen LogP contribution is -2.35. The van der Waals surface area contributed by atoms with Crippen LogP contribution in [0.2, 0.25) is 0 Å². The molecule has 4 aromatic rings. The Morgan fingerprint density at radius 3 is 2.32 bits per heavy atom. The molecule has 0 saturated heterocycles. The molecule has 0 fully saturated rings. The van der Waals surface area contributed by atoms with E-state index in [2.05, 4.69) is 63.0 Å². The van der Waals surface area contributed by atoms with Crippen LogP contribution in [0.25, 0.3) is 33.2 Å². The van der Waals surface area contributed by atoms with E-state index in [0.717, 1.165) is 22.4 Å². The van der Waals surface area contributed by atoms with Crippen molar-refractivity contribution < 1.29 is 4.42 Å². The number of benzene rings is 2. The summed E-state index contributed by atoms with van der Waals surface area (Å²) in [6.45, 7) is 11.7. The molecule has 0 spiro atoms. The van der Waals surface area contributed by atoms with Crippen molar-refractivity contribution in [1.29, 1.82) is 0 Å². The molecule has 0 amide bonds. The third kappa shape index (κ3) is 2.28. The number of nitrogens with zero attached hydrogens (tertiary/aromatic N) is 2. The number of para-hydroxylation sites is 1. The van der Waals surface area contributed by atoms with Crippen molar-refractivity contribution in [2.75, 3.05) is 0 Å². The first-order valence-corrected chi connectivity index (χ1v) is 10.1. The van der Waals surface area contributed by atoms with Gasteiger partial charge in [0.05, 0.1) is 5.69 Å². The zero-order valence-electron chi connectivity index (χ0n) is 17.3. The van der Waals surface area contributed by atoms with Crippen LogP contribution < -0.4 is 0 Å². The molecule has 1 aliphatic rings. The van der Waals surface area contributed by atoms with Gasteiger partial charge in [-0.1, -0.05) is 45.9 Å². The minimum Gasteiger partial charge on any atom is -0.455 e. The molecule has 3 heteroatoms. The fourth-order valence-corrected chi connectivity index (χ4v) is 5.22. The van der Waals surface area contributed by atoms with E-state index in [1.54, 1.807) is 6.20 Å². The van der Waals surface area contributed by atoms with Crippen LogP contribution in [0, 0.1) is 6.92 Å². The van der Waals surface area contributed by atoms with Crippen molar-refractivity contribution in [2.45, 2.75) is 58.3 Å². The molecule has 0 unspecified atom stereocenters. The molecule has 0 atom stereocenters. The quantitative estimate of drug-likeness (QED) is 0.374. The molecule has 3 nitrogen and oxygen atoms in total. The first kappa shape index (κ1) is 17.4. The van der Waals surface area contributed by atoms with Gasteiger partial charge in [0.25, 0.3) is 0 Å². The summed E-state index contributed by atoms with van der Waals surface area (Å²) in [6, 6.07) is 12.4. The topological polar surface area (TPSA) is 38.9 Å². The Hall–Kier alpha value is -2.68. The van der Waals surface area contributed by atoms with E-state index < -0.39 is 0 Å². The minimum absolute atomic E-state index is 0.0986. The van der Waals surface area contributed by atoms with Gasteiger partial charge in [-0.25, -0.2) is 0 Å². The first-order chi connectivity index (χ1) is 13.3. The summed E-state index contributed by atoms with van der Waals surface area (Å²) in [6.07, 6.45) is 4.07. The molecule has 0 aliphatic heterocycles. The minimum atomic E-state index is 0.0986. The summed E-state index contributed by atoms with van der Waals surface area (Å²) in [5.41, 5.74) is 8.25. The number of hydrogen-bond acceptors (Lipinski definition) is 3. The Bertz CT molecular complexity index is 1220. The number of rotatable bonds is 1. The van der Waals surface area contributed by atoms with E-state index in [1.807, 2.05) is 18.2 Å². The van der Waals surface area contributed by atoms with E-state index in [9.17, 15) is 0 Å². The largest absolute Gasteiger partial charge is 0.455 e. The van der Waals surface area contributed by atoms with Crippen LogP contribution in [-0.4, -0.2) is 10.2 Å². The molecule has 2 aromatic heterocycles. The maximum Gasteiger partial charge on any atom is 0.145 e. The average Bonchev–Trinajstić information content (AvgIpc) is 3.04. The van der Waals surface area contributed by atoms with Gasteiger partial charge in [0.2, 0.25) is 0 Å². The summed E-state index contributed by atoms with van der Waals surface area (Å²) in [5.74, 6) is 0. The summed E-state index contributed by atoms with van der Waals surface area (Å²) in [4.78, 5) is 0. The molecule has 28 heavy (non-hydrogen) atoms. The second-order valence-corrected chi connectivity index (χ2v) is 9.43. The van der Waals surface area contributed by atoms with Gasteiger partial charge in [-0.05, 0) is 65.5 Å². The normalized spacial score (nSPS) is 17.8. The van der Waals surface area contributed by atoms with Gasteiger partial charge in [-0.2, -0.15) is 10.2 Å². The Morgan fingerprint density at radius 1 is 0.893 bits per heavy atom. The molecule has 2 aromatic carbocycles. The standard InChI is InChI=1S/C25H26N2O/c1-15-19(17-10-8-14-26-27-17)23-20(16-9-6-7-11-18(16)28-23)22-21(15)24(2,3)12-13-25(22,4)5/h6-11,14H,12-13H2,1-5H3. The third-order valence-electron chi connectivity index (χ3n) is 6.63. The number of aromatic nitrogens is 2. The van der Waals surface area contributed by atoms with E-state index in [-0.39, 0.29) is 10.8 Å². The SMILES string of the molecule is Cc1c2c(c3c(oc4ccccc43)c1-c1cccnn1)C(C)(C)CCC2(C)C. The molecular weight excluding hydrogens is 344 g/mol. The first-order valence-electron chi connectivity index (χ1n) is 10.1. The van der Waals surface area contributed by atoms with Crippen molar-refractivity contribution in [3.8, 4) is 11.3 Å². The van der Waals surface area contributed by atoms with E-state index >= 15 is 0 Å².